The first kappa shape index (κ1) is 13.1. The summed E-state index contributed by atoms with van der Waals surface area (Å²) in [5.74, 6) is 1.26. The molecule has 1 amide bonds. The molecule has 5 fully saturated rings. The topological polar surface area (TPSA) is 29.5 Å². The molecule has 5 rings (SSSR count). The van der Waals surface area contributed by atoms with E-state index < -0.39 is 0 Å². The van der Waals surface area contributed by atoms with Crippen molar-refractivity contribution in [1.29, 1.82) is 0 Å². The van der Waals surface area contributed by atoms with Gasteiger partial charge in [0.05, 0.1) is 18.6 Å². The van der Waals surface area contributed by atoms with Crippen molar-refractivity contribution in [2.45, 2.75) is 52.4 Å². The lowest BCUT2D eigenvalue weighted by Crippen LogP contribution is -2.61. The molecular formula is C17H27NO2. The Morgan fingerprint density at radius 1 is 1.00 bits per heavy atom. The van der Waals surface area contributed by atoms with Gasteiger partial charge in [0.15, 0.2) is 0 Å². The van der Waals surface area contributed by atoms with E-state index in [4.69, 9.17) is 4.74 Å². The summed E-state index contributed by atoms with van der Waals surface area (Å²) in [6.07, 6.45) is 7.51. The van der Waals surface area contributed by atoms with Crippen molar-refractivity contribution >= 4 is 5.91 Å². The number of amides is 1. The van der Waals surface area contributed by atoms with Gasteiger partial charge in [-0.1, -0.05) is 13.8 Å². The van der Waals surface area contributed by atoms with Gasteiger partial charge in [-0.25, -0.2) is 0 Å². The normalized spacial score (nSPS) is 50.5. The van der Waals surface area contributed by atoms with Gasteiger partial charge in [0.2, 0.25) is 5.91 Å². The molecular weight excluding hydrogens is 250 g/mol. The van der Waals surface area contributed by atoms with Crippen LogP contribution < -0.4 is 0 Å². The average molecular weight is 277 g/mol. The van der Waals surface area contributed by atoms with Crippen LogP contribution in [0.3, 0.4) is 0 Å². The summed E-state index contributed by atoms with van der Waals surface area (Å²) in [7, 11) is 0. The van der Waals surface area contributed by atoms with E-state index in [9.17, 15) is 4.79 Å². The van der Waals surface area contributed by atoms with Gasteiger partial charge in [-0.15, -0.1) is 0 Å². The van der Waals surface area contributed by atoms with Crippen LogP contribution in [0.1, 0.15) is 52.4 Å². The van der Waals surface area contributed by atoms with Crippen LogP contribution in [0.25, 0.3) is 0 Å². The van der Waals surface area contributed by atoms with E-state index in [0.717, 1.165) is 51.5 Å². The second kappa shape index (κ2) is 4.00. The predicted molar refractivity (Wildman–Crippen MR) is 77.2 cm³/mol. The monoisotopic (exact) mass is 277 g/mol. The van der Waals surface area contributed by atoms with Gasteiger partial charge in [0.25, 0.3) is 0 Å². The number of hydrogen-bond acceptors (Lipinski definition) is 2. The van der Waals surface area contributed by atoms with Gasteiger partial charge in [0, 0.05) is 13.1 Å². The maximum Gasteiger partial charge on any atom is 0.228 e. The summed E-state index contributed by atoms with van der Waals surface area (Å²) < 4.78 is 5.41. The van der Waals surface area contributed by atoms with Crippen molar-refractivity contribution in [2.24, 2.45) is 22.2 Å². The highest BCUT2D eigenvalue weighted by molar-refractivity contribution is 5.83. The zero-order valence-corrected chi connectivity index (χ0v) is 12.9. The first-order valence-electron chi connectivity index (χ1n) is 8.29. The van der Waals surface area contributed by atoms with Crippen molar-refractivity contribution in [1.82, 2.24) is 4.90 Å². The smallest absolute Gasteiger partial charge is 0.228 e. The molecule has 0 aromatic heterocycles. The molecule has 4 saturated carbocycles. The first-order chi connectivity index (χ1) is 9.42. The minimum Gasteiger partial charge on any atom is -0.378 e. The minimum atomic E-state index is -0.0275. The molecule has 1 saturated heterocycles. The van der Waals surface area contributed by atoms with Crippen LogP contribution in [0, 0.1) is 22.2 Å². The van der Waals surface area contributed by atoms with Crippen LogP contribution in [0.2, 0.25) is 0 Å². The number of carbonyl (C=O) groups excluding carboxylic acids is 1. The van der Waals surface area contributed by atoms with Crippen molar-refractivity contribution < 1.29 is 9.53 Å². The van der Waals surface area contributed by atoms with Crippen molar-refractivity contribution in [3.05, 3.63) is 0 Å². The zero-order valence-electron chi connectivity index (χ0n) is 12.9. The van der Waals surface area contributed by atoms with Crippen LogP contribution in [-0.4, -0.2) is 37.1 Å². The third kappa shape index (κ3) is 1.85. The maximum atomic E-state index is 13.2. The number of ether oxygens (including phenoxy) is 1. The summed E-state index contributed by atoms with van der Waals surface area (Å²) in [6, 6.07) is 0. The molecule has 2 atom stereocenters. The molecule has 20 heavy (non-hydrogen) atoms. The third-order valence-corrected chi connectivity index (χ3v) is 6.38. The fourth-order valence-corrected chi connectivity index (χ4v) is 6.79. The molecule has 0 spiro atoms. The SMILES string of the molecule is C[C@@]12CC3CC(C(=O)N4CCOCC4)(C1)C[C@@](C)(C3)C2. The van der Waals surface area contributed by atoms with Crippen molar-refractivity contribution in [2.75, 3.05) is 26.3 Å². The molecule has 1 aliphatic heterocycles. The number of morpholine rings is 1. The highest BCUT2D eigenvalue weighted by atomic mass is 16.5. The number of rotatable bonds is 1. The molecule has 1 heterocycles. The lowest BCUT2D eigenvalue weighted by molar-refractivity contribution is -0.182. The molecule has 0 aromatic carbocycles. The summed E-state index contributed by atoms with van der Waals surface area (Å²) in [5.41, 5.74) is 0.826. The third-order valence-electron chi connectivity index (χ3n) is 6.38. The minimum absolute atomic E-state index is 0.0275. The average Bonchev–Trinajstić information content (AvgIpc) is 2.34. The number of carbonyl (C=O) groups is 1. The van der Waals surface area contributed by atoms with E-state index in [1.165, 1.54) is 19.3 Å². The van der Waals surface area contributed by atoms with Gasteiger partial charge >= 0.3 is 0 Å². The van der Waals surface area contributed by atoms with E-state index in [1.54, 1.807) is 0 Å². The summed E-state index contributed by atoms with van der Waals surface area (Å²) >= 11 is 0. The molecule has 4 aliphatic carbocycles. The summed E-state index contributed by atoms with van der Waals surface area (Å²) in [6.45, 7) is 7.94. The Bertz CT molecular complexity index is 422. The van der Waals surface area contributed by atoms with Crippen LogP contribution in [0.5, 0.6) is 0 Å². The van der Waals surface area contributed by atoms with Crippen molar-refractivity contribution in [3.63, 3.8) is 0 Å². The van der Waals surface area contributed by atoms with Gasteiger partial charge in [-0.3, -0.25) is 4.79 Å². The Morgan fingerprint density at radius 2 is 1.60 bits per heavy atom. The largest absolute Gasteiger partial charge is 0.378 e. The zero-order chi connectivity index (χ0) is 14.0. The van der Waals surface area contributed by atoms with Crippen LogP contribution in [0.15, 0.2) is 0 Å². The Hall–Kier alpha value is -0.570. The summed E-state index contributed by atoms with van der Waals surface area (Å²) in [5, 5.41) is 0. The van der Waals surface area contributed by atoms with E-state index in [0.29, 0.717) is 16.7 Å². The van der Waals surface area contributed by atoms with E-state index in [1.807, 2.05) is 0 Å². The van der Waals surface area contributed by atoms with Gasteiger partial charge in [-0.05, 0) is 55.3 Å². The second-order valence-electron chi connectivity index (χ2n) is 8.81. The maximum absolute atomic E-state index is 13.2. The lowest BCUT2D eigenvalue weighted by atomic mass is 9.40. The Morgan fingerprint density at radius 3 is 2.15 bits per heavy atom. The van der Waals surface area contributed by atoms with Gasteiger partial charge < -0.3 is 9.64 Å². The Balaban J connectivity index is 1.64. The number of nitrogens with zero attached hydrogens (tertiary/aromatic N) is 1. The van der Waals surface area contributed by atoms with Gasteiger partial charge in [0.1, 0.15) is 0 Å². The molecule has 0 aromatic rings. The quantitative estimate of drug-likeness (QED) is 0.737. The Labute approximate surface area is 122 Å². The molecule has 0 radical (unpaired) electrons. The molecule has 0 unspecified atom stereocenters. The predicted octanol–water partition coefficient (Wildman–Crippen LogP) is 2.84. The van der Waals surface area contributed by atoms with Gasteiger partial charge in [-0.2, -0.15) is 0 Å². The summed E-state index contributed by atoms with van der Waals surface area (Å²) in [4.78, 5) is 15.3. The molecule has 3 heteroatoms. The fourth-order valence-electron chi connectivity index (χ4n) is 6.79. The Kier molecular flexibility index (Phi) is 2.62. The van der Waals surface area contributed by atoms with Crippen molar-refractivity contribution in [3.8, 4) is 0 Å². The van der Waals surface area contributed by atoms with E-state index in [-0.39, 0.29) is 5.41 Å². The van der Waals surface area contributed by atoms with Crippen LogP contribution in [0.4, 0.5) is 0 Å². The molecule has 3 nitrogen and oxygen atoms in total. The second-order valence-corrected chi connectivity index (χ2v) is 8.81. The van der Waals surface area contributed by atoms with E-state index >= 15 is 0 Å². The number of hydrogen-bond donors (Lipinski definition) is 0. The standard InChI is InChI=1S/C17H27NO2/c1-15-7-13-8-16(2,10-15)12-17(9-13,11-15)14(19)18-3-5-20-6-4-18/h13H,3-12H2,1-2H3/t13?,15-,16-,17?/m0/s1. The molecule has 112 valence electrons. The first-order valence-corrected chi connectivity index (χ1v) is 8.29. The fraction of sp³-hybridized carbons (Fsp3) is 0.941. The molecule has 5 aliphatic rings. The highest BCUT2D eigenvalue weighted by Gasteiger charge is 2.63. The lowest BCUT2D eigenvalue weighted by Gasteiger charge is -2.65. The molecule has 4 bridgehead atoms. The highest BCUT2D eigenvalue weighted by Crippen LogP contribution is 2.69. The van der Waals surface area contributed by atoms with Crippen LogP contribution in [-0.2, 0) is 9.53 Å². The van der Waals surface area contributed by atoms with E-state index in [2.05, 4.69) is 18.7 Å². The van der Waals surface area contributed by atoms with Crippen LogP contribution >= 0.6 is 0 Å². The molecule has 0 N–H and O–H groups in total.